The van der Waals surface area contributed by atoms with Crippen molar-refractivity contribution < 1.29 is 42.7 Å². The van der Waals surface area contributed by atoms with Crippen molar-refractivity contribution in [3.05, 3.63) is 185 Å². The number of aryl methyl sites for hydroxylation is 1. The van der Waals surface area contributed by atoms with Gasteiger partial charge in [-0.15, -0.1) is 10.2 Å². The molecule has 33 heteroatoms. The summed E-state index contributed by atoms with van der Waals surface area (Å²) in [6.07, 6.45) is 25.1. The van der Waals surface area contributed by atoms with Gasteiger partial charge in [-0.1, -0.05) is 12.1 Å². The van der Waals surface area contributed by atoms with Crippen LogP contribution in [0.1, 0.15) is 192 Å². The van der Waals surface area contributed by atoms with Crippen LogP contribution in [0.15, 0.2) is 152 Å². The number of anilines is 2. The van der Waals surface area contributed by atoms with Crippen LogP contribution >= 0.6 is 0 Å². The van der Waals surface area contributed by atoms with E-state index in [9.17, 15) is 24.0 Å². The Labute approximate surface area is 612 Å². The standard InChI is InChI=1S/C21H21N9O.C14H15N3O2.C12H19BN2O2.C9H12N6.C9H11NO2.C8H9NO3/c1-13(2)30-20(26-27-28-30)17-4-3-5-19(24-17)25-21(31)18-10-14(8-9-22-18)15-11-23-29(12-15)16-6-7-16;1-2-19-14(18)13-7-10(5-6-15-13)11-8-16-17(9-11)12-3-4-12;1-11(2)12(3,4)17-13(16-11)9-7-14-15(8-9)10-5-6-10;1-6(2)15-9(12-13-14-15)7-4-3-5-8(10)11-7;1-3-12-9(11)8-6-7(2)4-5-10-8;1-2-12-8(11)7-5-6(10)3-4-9-7/h3-5,8-13,16H,6-7H2,1-2H3,(H,24,25,31);5-9,12H,2-4H2,1H3;7-8,10H,5-6H2,1-4H3;3-6H,1-2H3,(H2,10,11);4-6H,3H2,1-2H3;3-5H,2H2,1H3,(H,9,10). The van der Waals surface area contributed by atoms with E-state index in [4.69, 9.17) is 24.5 Å². The summed E-state index contributed by atoms with van der Waals surface area (Å²) in [5.41, 5.74) is 13.1. The van der Waals surface area contributed by atoms with E-state index in [1.165, 1.54) is 56.9 Å². The summed E-state index contributed by atoms with van der Waals surface area (Å²) in [7, 11) is -0.285. The molecule has 4 fully saturated rings. The lowest BCUT2D eigenvalue weighted by Crippen LogP contribution is -2.41. The highest BCUT2D eigenvalue weighted by molar-refractivity contribution is 6.62. The highest BCUT2D eigenvalue weighted by Gasteiger charge is 2.52. The minimum Gasteiger partial charge on any atom is -0.461 e. The predicted molar refractivity (Wildman–Crippen MR) is 393 cm³/mol. The van der Waals surface area contributed by atoms with Gasteiger partial charge >= 0.3 is 25.0 Å². The number of amides is 1. The fraction of sp³-hybridized carbons (Fsp3) is 0.384. The Morgan fingerprint density at radius 2 is 1.06 bits per heavy atom. The van der Waals surface area contributed by atoms with Crippen molar-refractivity contribution in [2.45, 2.75) is 163 Å². The highest BCUT2D eigenvalue weighted by Crippen LogP contribution is 2.39. The van der Waals surface area contributed by atoms with Gasteiger partial charge in [-0.2, -0.15) is 15.3 Å². The first kappa shape index (κ1) is 76.8. The van der Waals surface area contributed by atoms with Gasteiger partial charge < -0.3 is 39.6 Å². The Bertz CT molecular complexity index is 4820. The maximum Gasteiger partial charge on any atom is 0.498 e. The maximum atomic E-state index is 12.8. The molecule has 1 aliphatic heterocycles. The van der Waals surface area contributed by atoms with Gasteiger partial charge in [-0.05, 0) is 220 Å². The Morgan fingerprint density at radius 1 is 0.585 bits per heavy atom. The van der Waals surface area contributed by atoms with Crippen molar-refractivity contribution >= 4 is 48.0 Å². The van der Waals surface area contributed by atoms with Crippen molar-refractivity contribution in [3.8, 4) is 45.3 Å². The molecule has 0 aromatic carbocycles. The van der Waals surface area contributed by atoms with Gasteiger partial charge in [0.25, 0.3) is 5.91 Å². The van der Waals surface area contributed by atoms with Crippen molar-refractivity contribution in [2.24, 2.45) is 0 Å². The molecule has 0 radical (unpaired) electrons. The minimum atomic E-state index is -0.504. The second-order valence-corrected chi connectivity index (χ2v) is 26.5. The van der Waals surface area contributed by atoms with Crippen molar-refractivity contribution in [1.29, 1.82) is 0 Å². The topological polar surface area (TPSA) is 390 Å². The van der Waals surface area contributed by atoms with Gasteiger partial charge in [-0.25, -0.2) is 43.7 Å². The molecule has 4 aliphatic rings. The number of nitrogens with two attached hydrogens (primary N) is 1. The van der Waals surface area contributed by atoms with Crippen LogP contribution < -0.4 is 21.9 Å². The molecule has 32 nitrogen and oxygen atoms in total. The average molecular weight is 1440 g/mol. The number of H-pyrrole nitrogens is 1. The Kier molecular flexibility index (Phi) is 25.4. The Hall–Kier alpha value is -11.9. The van der Waals surface area contributed by atoms with Crippen LogP contribution in [0.5, 0.6) is 0 Å². The molecular formula is C73H87BN22O10. The monoisotopic (exact) mass is 1440 g/mol. The molecule has 1 saturated heterocycles. The number of rotatable bonds is 18. The third kappa shape index (κ3) is 20.7. The normalized spacial score (nSPS) is 14.5. The van der Waals surface area contributed by atoms with Crippen molar-refractivity contribution in [3.63, 3.8) is 0 Å². The smallest absolute Gasteiger partial charge is 0.461 e. The van der Waals surface area contributed by atoms with E-state index in [0.717, 1.165) is 33.3 Å². The van der Waals surface area contributed by atoms with Gasteiger partial charge in [0.2, 0.25) is 11.6 Å². The first-order valence-corrected chi connectivity index (χ1v) is 35.0. The molecular weight excluding hydrogens is 1360 g/mol. The fourth-order valence-corrected chi connectivity index (χ4v) is 10.1. The molecule has 12 heterocycles. The van der Waals surface area contributed by atoms with Crippen LogP contribution in [0.4, 0.5) is 11.6 Å². The number of carbonyl (C=O) groups is 4. The van der Waals surface area contributed by atoms with Gasteiger partial charge in [0, 0.05) is 78.3 Å². The number of nitrogen functional groups attached to an aromatic ring is 1. The molecule has 106 heavy (non-hydrogen) atoms. The molecule has 4 N–H and O–H groups in total. The Morgan fingerprint density at radius 3 is 1.56 bits per heavy atom. The van der Waals surface area contributed by atoms with E-state index >= 15 is 0 Å². The lowest BCUT2D eigenvalue weighted by atomic mass is 9.82. The summed E-state index contributed by atoms with van der Waals surface area (Å²) < 4.78 is 35.8. The van der Waals surface area contributed by atoms with Gasteiger partial charge in [0.15, 0.2) is 5.43 Å². The van der Waals surface area contributed by atoms with Crippen LogP contribution in [0, 0.1) is 6.92 Å². The third-order valence-corrected chi connectivity index (χ3v) is 16.9. The summed E-state index contributed by atoms with van der Waals surface area (Å²) >= 11 is 0. The van der Waals surface area contributed by atoms with Crippen LogP contribution in [0.25, 0.3) is 45.3 Å². The summed E-state index contributed by atoms with van der Waals surface area (Å²) in [4.78, 5) is 80.8. The second kappa shape index (κ2) is 35.1. The van der Waals surface area contributed by atoms with Crippen LogP contribution in [0.2, 0.25) is 0 Å². The van der Waals surface area contributed by atoms with Crippen molar-refractivity contribution in [2.75, 3.05) is 30.9 Å². The molecule has 11 aromatic rings. The number of aromatic nitrogens is 20. The quantitative estimate of drug-likeness (QED) is 0.0408. The minimum absolute atomic E-state index is 0.0845. The van der Waals surface area contributed by atoms with Gasteiger partial charge in [0.1, 0.15) is 45.8 Å². The summed E-state index contributed by atoms with van der Waals surface area (Å²) in [6, 6.07) is 26.0. The number of tetrazole rings is 2. The van der Waals surface area contributed by atoms with Gasteiger partial charge in [0.05, 0.1) is 73.6 Å². The zero-order valence-electron chi connectivity index (χ0n) is 61.3. The summed E-state index contributed by atoms with van der Waals surface area (Å²) in [6.45, 7) is 24.5. The van der Waals surface area contributed by atoms with Crippen molar-refractivity contribution in [1.82, 2.24) is 99.7 Å². The van der Waals surface area contributed by atoms with E-state index < -0.39 is 5.97 Å². The largest absolute Gasteiger partial charge is 0.498 e. The molecule has 552 valence electrons. The van der Waals surface area contributed by atoms with Crippen LogP contribution in [-0.2, 0) is 23.5 Å². The maximum absolute atomic E-state index is 12.8. The zero-order chi connectivity index (χ0) is 75.7. The highest BCUT2D eigenvalue weighted by atomic mass is 16.7. The third-order valence-electron chi connectivity index (χ3n) is 16.9. The molecule has 0 spiro atoms. The van der Waals surface area contributed by atoms with Crippen LogP contribution in [0.3, 0.4) is 0 Å². The number of carbonyl (C=O) groups excluding carboxylic acids is 4. The number of esters is 3. The zero-order valence-corrected chi connectivity index (χ0v) is 61.3. The second-order valence-electron chi connectivity index (χ2n) is 26.5. The summed E-state index contributed by atoms with van der Waals surface area (Å²) in [5, 5.41) is 39.2. The predicted octanol–water partition coefficient (Wildman–Crippen LogP) is 10.2. The van der Waals surface area contributed by atoms with Crippen LogP contribution in [-0.4, -0.2) is 162 Å². The molecule has 0 bridgehead atoms. The number of aromatic amines is 1. The number of pyridine rings is 6. The number of ether oxygens (including phenoxy) is 3. The molecule has 0 atom stereocenters. The SMILES string of the molecule is CC(C)n1nnnc1-c1cccc(N)n1.CC(C)n1nnnc1-c1cccc(NC(=O)c2cc(-c3cnn(C4CC4)c3)ccn2)n1.CC1(C)OB(c2cnn(C3CC3)c2)OC1(C)C.CCOC(=O)c1cc(-c2cnn(C3CC3)c2)ccn1.CCOC(=O)c1cc(=O)cc[nH]1.CCOC(=O)c1cc(C)ccn1. The number of hydrogen-bond acceptors (Lipinski definition) is 25. The Balaban J connectivity index is 0.000000141. The lowest BCUT2D eigenvalue weighted by Gasteiger charge is -2.32. The summed E-state index contributed by atoms with van der Waals surface area (Å²) in [5.74, 6) is 0.441. The molecule has 0 unspecified atom stereocenters. The molecule has 3 saturated carbocycles. The van der Waals surface area contributed by atoms with E-state index in [-0.39, 0.29) is 59.4 Å². The number of nitrogens with zero attached hydrogens (tertiary/aromatic N) is 19. The number of nitrogens with one attached hydrogen (secondary N) is 2. The fourth-order valence-electron chi connectivity index (χ4n) is 10.1. The number of hydrogen-bond donors (Lipinski definition) is 3. The van der Waals surface area contributed by atoms with E-state index in [2.05, 4.69) is 120 Å². The van der Waals surface area contributed by atoms with E-state index in [0.29, 0.717) is 89.7 Å². The molecule has 11 aromatic heterocycles. The molecule has 3 aliphatic carbocycles. The average Bonchev–Trinajstić information content (AvgIpc) is 1.85. The lowest BCUT2D eigenvalue weighted by molar-refractivity contribution is 0.00578. The van der Waals surface area contributed by atoms with E-state index in [1.807, 2.05) is 110 Å². The molecule has 1 amide bonds. The first-order chi connectivity index (χ1) is 50.9. The van der Waals surface area contributed by atoms with Gasteiger partial charge in [-0.3, -0.25) is 28.6 Å². The van der Waals surface area contributed by atoms with E-state index in [1.54, 1.807) is 91.2 Å². The molecule has 15 rings (SSSR count). The first-order valence-electron chi connectivity index (χ1n) is 35.0.